The quantitative estimate of drug-likeness (QED) is 0.819. The minimum Gasteiger partial charge on any atom is -0.508 e. The first kappa shape index (κ1) is 17.5. The molecule has 0 aliphatic carbocycles. The molecule has 0 fully saturated rings. The predicted molar refractivity (Wildman–Crippen MR) is 85.4 cm³/mol. The van der Waals surface area contributed by atoms with E-state index in [1.54, 1.807) is 19.1 Å². The maximum atomic E-state index is 11.8. The zero-order chi connectivity index (χ0) is 16.4. The Balaban J connectivity index is 3.41. The summed E-state index contributed by atoms with van der Waals surface area (Å²) < 4.78 is 5.71. The molecule has 0 heterocycles. The van der Waals surface area contributed by atoms with Gasteiger partial charge in [0, 0.05) is 11.8 Å². The number of rotatable bonds is 3. The fourth-order valence-electron chi connectivity index (χ4n) is 2.34. The Hall–Kier alpha value is -1.51. The molecule has 0 saturated heterocycles. The molecule has 118 valence electrons. The number of carbonyl (C=O) groups excluding carboxylic acids is 1. The van der Waals surface area contributed by atoms with Crippen molar-refractivity contribution < 1.29 is 14.6 Å². The second kappa shape index (κ2) is 6.08. The molecule has 1 unspecified atom stereocenters. The first-order valence-corrected chi connectivity index (χ1v) is 7.49. The summed E-state index contributed by atoms with van der Waals surface area (Å²) in [6, 6.07) is 5.30. The Morgan fingerprint density at radius 3 is 2.19 bits per heavy atom. The molecule has 3 heteroatoms. The number of ether oxygens (including phenoxy) is 1. The minimum absolute atomic E-state index is 0.143. The summed E-state index contributed by atoms with van der Waals surface area (Å²) in [6.07, 6.45) is 0.0231. The number of esters is 1. The number of benzene rings is 1. The van der Waals surface area contributed by atoms with Gasteiger partial charge in [-0.25, -0.2) is 0 Å². The molecule has 0 aliphatic heterocycles. The van der Waals surface area contributed by atoms with Crippen LogP contribution in [0.4, 0.5) is 0 Å². The third-order valence-electron chi connectivity index (χ3n) is 3.45. The molecule has 0 saturated carbocycles. The predicted octanol–water partition coefficient (Wildman–Crippen LogP) is 4.73. The van der Waals surface area contributed by atoms with Crippen LogP contribution in [0.15, 0.2) is 18.2 Å². The van der Waals surface area contributed by atoms with Gasteiger partial charge >= 0.3 is 5.97 Å². The molecule has 0 aromatic heterocycles. The van der Waals surface area contributed by atoms with Gasteiger partial charge in [0.15, 0.2) is 0 Å². The summed E-state index contributed by atoms with van der Waals surface area (Å²) in [4.78, 5) is 11.8. The number of phenolic OH excluding ortho intramolecular Hbond substituents is 1. The number of hydrogen-bond acceptors (Lipinski definition) is 3. The van der Waals surface area contributed by atoms with Crippen molar-refractivity contribution in [1.29, 1.82) is 0 Å². The molecule has 0 aliphatic rings. The minimum atomic E-state index is -0.334. The van der Waals surface area contributed by atoms with Crippen LogP contribution in [-0.2, 0) is 14.9 Å². The van der Waals surface area contributed by atoms with Gasteiger partial charge in [0.1, 0.15) is 11.9 Å². The molecule has 1 N–H and O–H groups in total. The molecule has 0 radical (unpaired) electrons. The number of hydrogen-bond donors (Lipinski definition) is 1. The maximum Gasteiger partial charge on any atom is 0.306 e. The monoisotopic (exact) mass is 292 g/mol. The van der Waals surface area contributed by atoms with E-state index in [4.69, 9.17) is 4.74 Å². The van der Waals surface area contributed by atoms with Crippen molar-refractivity contribution in [2.45, 2.75) is 66.4 Å². The molecule has 1 rings (SSSR count). The molecule has 1 aromatic rings. The largest absolute Gasteiger partial charge is 0.508 e. The Morgan fingerprint density at radius 1 is 1.19 bits per heavy atom. The zero-order valence-electron chi connectivity index (χ0n) is 14.3. The standard InChI is InChI=1S/C18H28O3/c1-8-15(20)21-16(18(5,6)7)13-10-9-12(19)11-14(13)17(2,3)4/h9-11,16,19H,8H2,1-7H3. The Morgan fingerprint density at radius 2 is 1.76 bits per heavy atom. The van der Waals surface area contributed by atoms with Gasteiger partial charge in [-0.15, -0.1) is 0 Å². The average Bonchev–Trinajstić information content (AvgIpc) is 2.33. The second-order valence-electron chi connectivity index (χ2n) is 7.61. The molecular formula is C18H28O3. The van der Waals surface area contributed by atoms with E-state index < -0.39 is 0 Å². The highest BCUT2D eigenvalue weighted by atomic mass is 16.5. The first-order chi connectivity index (χ1) is 9.46. The van der Waals surface area contributed by atoms with Crippen molar-refractivity contribution in [3.8, 4) is 5.75 Å². The van der Waals surface area contributed by atoms with E-state index in [9.17, 15) is 9.90 Å². The molecule has 0 bridgehead atoms. The van der Waals surface area contributed by atoms with Gasteiger partial charge in [0.05, 0.1) is 0 Å². The van der Waals surface area contributed by atoms with Gasteiger partial charge in [-0.2, -0.15) is 0 Å². The lowest BCUT2D eigenvalue weighted by molar-refractivity contribution is -0.155. The molecule has 3 nitrogen and oxygen atoms in total. The van der Waals surface area contributed by atoms with Crippen LogP contribution in [0.5, 0.6) is 5.75 Å². The van der Waals surface area contributed by atoms with Crippen molar-refractivity contribution >= 4 is 5.97 Å². The van der Waals surface area contributed by atoms with Crippen LogP contribution < -0.4 is 0 Å². The number of aromatic hydroxyl groups is 1. The van der Waals surface area contributed by atoms with Gasteiger partial charge in [0.25, 0.3) is 0 Å². The van der Waals surface area contributed by atoms with Crippen molar-refractivity contribution in [1.82, 2.24) is 0 Å². The molecule has 21 heavy (non-hydrogen) atoms. The molecular weight excluding hydrogens is 264 g/mol. The van der Waals surface area contributed by atoms with Crippen molar-refractivity contribution in [2.24, 2.45) is 5.41 Å². The molecule has 0 amide bonds. The first-order valence-electron chi connectivity index (χ1n) is 7.49. The Kier molecular flexibility index (Phi) is 5.08. The maximum absolute atomic E-state index is 11.8. The summed E-state index contributed by atoms with van der Waals surface area (Å²) in [5.74, 6) is 0.0287. The second-order valence-corrected chi connectivity index (χ2v) is 7.61. The van der Waals surface area contributed by atoms with Crippen LogP contribution in [0, 0.1) is 5.41 Å². The zero-order valence-corrected chi connectivity index (χ0v) is 14.3. The van der Waals surface area contributed by atoms with E-state index >= 15 is 0 Å². The average molecular weight is 292 g/mol. The molecule has 0 spiro atoms. The van der Waals surface area contributed by atoms with Crippen LogP contribution in [0.25, 0.3) is 0 Å². The van der Waals surface area contributed by atoms with Gasteiger partial charge < -0.3 is 9.84 Å². The van der Waals surface area contributed by atoms with Gasteiger partial charge in [-0.05, 0) is 28.7 Å². The van der Waals surface area contributed by atoms with Crippen LogP contribution >= 0.6 is 0 Å². The lowest BCUT2D eigenvalue weighted by Crippen LogP contribution is -2.27. The van der Waals surface area contributed by atoms with Gasteiger partial charge in [-0.1, -0.05) is 54.5 Å². The summed E-state index contributed by atoms with van der Waals surface area (Å²) in [5.41, 5.74) is 1.61. The lowest BCUT2D eigenvalue weighted by atomic mass is 9.76. The van der Waals surface area contributed by atoms with Crippen molar-refractivity contribution in [3.05, 3.63) is 29.3 Å². The van der Waals surface area contributed by atoms with Crippen LogP contribution in [0.2, 0.25) is 0 Å². The van der Waals surface area contributed by atoms with Crippen molar-refractivity contribution in [3.63, 3.8) is 0 Å². The highest BCUT2D eigenvalue weighted by molar-refractivity contribution is 5.69. The third-order valence-corrected chi connectivity index (χ3v) is 3.45. The fraction of sp³-hybridized carbons (Fsp3) is 0.611. The highest BCUT2D eigenvalue weighted by Crippen LogP contribution is 2.42. The molecule has 1 atom stereocenters. The topological polar surface area (TPSA) is 46.5 Å². The van der Waals surface area contributed by atoms with E-state index in [0.717, 1.165) is 11.1 Å². The highest BCUT2D eigenvalue weighted by Gasteiger charge is 2.33. The fourth-order valence-corrected chi connectivity index (χ4v) is 2.34. The Labute approximate surface area is 128 Å². The summed E-state index contributed by atoms with van der Waals surface area (Å²) in [7, 11) is 0. The number of phenols is 1. The smallest absolute Gasteiger partial charge is 0.306 e. The summed E-state index contributed by atoms with van der Waals surface area (Å²) in [5, 5.41) is 9.81. The summed E-state index contributed by atoms with van der Waals surface area (Å²) in [6.45, 7) is 14.2. The van der Waals surface area contributed by atoms with E-state index in [2.05, 4.69) is 41.5 Å². The van der Waals surface area contributed by atoms with E-state index in [1.807, 2.05) is 6.07 Å². The van der Waals surface area contributed by atoms with Crippen molar-refractivity contribution in [2.75, 3.05) is 0 Å². The van der Waals surface area contributed by atoms with Crippen LogP contribution in [0.1, 0.15) is 72.1 Å². The van der Waals surface area contributed by atoms with Gasteiger partial charge in [-0.3, -0.25) is 4.79 Å². The van der Waals surface area contributed by atoms with Crippen LogP contribution in [-0.4, -0.2) is 11.1 Å². The van der Waals surface area contributed by atoms with E-state index in [-0.39, 0.29) is 28.7 Å². The summed E-state index contributed by atoms with van der Waals surface area (Å²) >= 11 is 0. The molecule has 1 aromatic carbocycles. The Bertz CT molecular complexity index is 504. The lowest BCUT2D eigenvalue weighted by Gasteiger charge is -2.34. The van der Waals surface area contributed by atoms with Gasteiger partial charge in [0.2, 0.25) is 0 Å². The normalized spacial score (nSPS) is 13.9. The van der Waals surface area contributed by atoms with Crippen LogP contribution in [0.3, 0.4) is 0 Å². The SMILES string of the molecule is CCC(=O)OC(c1ccc(O)cc1C(C)(C)C)C(C)(C)C. The van der Waals surface area contributed by atoms with E-state index in [0.29, 0.717) is 6.42 Å². The third kappa shape index (κ3) is 4.48. The van der Waals surface area contributed by atoms with E-state index in [1.165, 1.54) is 0 Å². The number of carbonyl (C=O) groups is 1.